The number of hydrogen-bond donors (Lipinski definition) is 2. The van der Waals surface area contributed by atoms with Crippen LogP contribution in [0.5, 0.6) is 5.75 Å². The fourth-order valence-electron chi connectivity index (χ4n) is 2.79. The molecule has 0 amide bonds. The maximum absolute atomic E-state index is 12.5. The minimum atomic E-state index is -4.40. The Bertz CT molecular complexity index is 1020. The summed E-state index contributed by atoms with van der Waals surface area (Å²) in [6, 6.07) is 10.7. The summed E-state index contributed by atoms with van der Waals surface area (Å²) in [6.07, 6.45) is 0.780. The molecule has 1 aromatic carbocycles. The first kappa shape index (κ1) is 22.1. The van der Waals surface area contributed by atoms with Crippen LogP contribution in [0.25, 0.3) is 5.82 Å². The fraction of sp³-hybridized carbons (Fsp3) is 0.286. The molecule has 0 aliphatic heterocycles. The molecule has 164 valence electrons. The summed E-state index contributed by atoms with van der Waals surface area (Å²) >= 11 is 0. The van der Waals surface area contributed by atoms with E-state index in [-0.39, 0.29) is 12.3 Å². The van der Waals surface area contributed by atoms with Crippen LogP contribution in [-0.2, 0) is 13.1 Å². The Hall–Kier alpha value is -3.56. The standard InChI is InChI=1S/C21H23F3N6O/c1-15-4-5-17(18(10-15)31-14-21(22,23)24)13-28-20(25-2)27-12-16-6-8-26-19(11-16)30-9-3-7-29-30/h3-11H,12-14H2,1-2H3,(H2,25,27,28). The number of hydrogen-bond acceptors (Lipinski definition) is 4. The van der Waals surface area contributed by atoms with Gasteiger partial charge in [0.1, 0.15) is 5.75 Å². The van der Waals surface area contributed by atoms with Gasteiger partial charge in [0, 0.05) is 44.3 Å². The first-order valence-corrected chi connectivity index (χ1v) is 9.52. The van der Waals surface area contributed by atoms with Gasteiger partial charge in [-0.25, -0.2) is 9.67 Å². The van der Waals surface area contributed by atoms with E-state index in [9.17, 15) is 13.2 Å². The van der Waals surface area contributed by atoms with Crippen LogP contribution in [0.4, 0.5) is 13.2 Å². The van der Waals surface area contributed by atoms with Crippen molar-refractivity contribution in [3.8, 4) is 11.6 Å². The highest BCUT2D eigenvalue weighted by molar-refractivity contribution is 5.79. The summed E-state index contributed by atoms with van der Waals surface area (Å²) in [4.78, 5) is 8.45. The average Bonchev–Trinajstić information content (AvgIpc) is 3.28. The molecule has 0 saturated heterocycles. The van der Waals surface area contributed by atoms with E-state index in [2.05, 4.69) is 25.7 Å². The molecule has 3 aromatic rings. The number of alkyl halides is 3. The lowest BCUT2D eigenvalue weighted by molar-refractivity contribution is -0.153. The molecule has 0 aliphatic carbocycles. The van der Waals surface area contributed by atoms with Crippen LogP contribution in [-0.4, -0.2) is 40.6 Å². The molecule has 0 radical (unpaired) electrons. The highest BCUT2D eigenvalue weighted by Crippen LogP contribution is 2.23. The number of ether oxygens (including phenoxy) is 1. The van der Waals surface area contributed by atoms with E-state index in [0.717, 1.165) is 11.1 Å². The van der Waals surface area contributed by atoms with Gasteiger partial charge in [-0.2, -0.15) is 18.3 Å². The van der Waals surface area contributed by atoms with Gasteiger partial charge in [0.15, 0.2) is 18.4 Å². The van der Waals surface area contributed by atoms with Gasteiger partial charge >= 0.3 is 6.18 Å². The number of pyridine rings is 1. The van der Waals surface area contributed by atoms with Gasteiger partial charge in [-0.15, -0.1) is 0 Å². The SMILES string of the molecule is CN=C(NCc1ccnc(-n2cccn2)c1)NCc1ccc(C)cc1OCC(F)(F)F. The van der Waals surface area contributed by atoms with Crippen molar-refractivity contribution >= 4 is 5.96 Å². The average molecular weight is 432 g/mol. The van der Waals surface area contributed by atoms with E-state index in [1.165, 1.54) is 0 Å². The molecule has 7 nitrogen and oxygen atoms in total. The largest absolute Gasteiger partial charge is 0.484 e. The number of nitrogens with zero attached hydrogens (tertiary/aromatic N) is 4. The summed E-state index contributed by atoms with van der Waals surface area (Å²) in [5.41, 5.74) is 2.38. The van der Waals surface area contributed by atoms with Gasteiger partial charge in [0.25, 0.3) is 0 Å². The third-order valence-electron chi connectivity index (χ3n) is 4.29. The third kappa shape index (κ3) is 6.73. The fourth-order valence-corrected chi connectivity index (χ4v) is 2.79. The minimum Gasteiger partial charge on any atom is -0.484 e. The van der Waals surface area contributed by atoms with Crippen molar-refractivity contribution in [1.82, 2.24) is 25.4 Å². The van der Waals surface area contributed by atoms with E-state index in [1.807, 2.05) is 24.3 Å². The summed E-state index contributed by atoms with van der Waals surface area (Å²) in [7, 11) is 1.62. The number of benzene rings is 1. The lowest BCUT2D eigenvalue weighted by atomic mass is 10.1. The minimum absolute atomic E-state index is 0.193. The zero-order chi connectivity index (χ0) is 22.3. The van der Waals surface area contributed by atoms with Gasteiger partial charge in [0.2, 0.25) is 0 Å². The van der Waals surface area contributed by atoms with E-state index in [0.29, 0.717) is 23.9 Å². The second-order valence-electron chi connectivity index (χ2n) is 6.77. The molecule has 0 saturated carbocycles. The van der Waals surface area contributed by atoms with Crippen molar-refractivity contribution in [1.29, 1.82) is 0 Å². The number of halogens is 3. The van der Waals surface area contributed by atoms with Crippen molar-refractivity contribution in [2.45, 2.75) is 26.2 Å². The zero-order valence-corrected chi connectivity index (χ0v) is 17.1. The van der Waals surface area contributed by atoms with Crippen molar-refractivity contribution in [2.75, 3.05) is 13.7 Å². The van der Waals surface area contributed by atoms with Crippen molar-refractivity contribution in [2.24, 2.45) is 4.99 Å². The van der Waals surface area contributed by atoms with Crippen molar-refractivity contribution in [3.05, 3.63) is 71.7 Å². The highest BCUT2D eigenvalue weighted by atomic mass is 19.4. The maximum atomic E-state index is 12.5. The molecular weight excluding hydrogens is 409 g/mol. The molecule has 0 bridgehead atoms. The van der Waals surface area contributed by atoms with Gasteiger partial charge in [-0.1, -0.05) is 12.1 Å². The predicted octanol–water partition coefficient (Wildman–Crippen LogP) is 3.38. The first-order chi connectivity index (χ1) is 14.8. The quantitative estimate of drug-likeness (QED) is 0.442. The number of aromatic nitrogens is 3. The molecule has 2 N–H and O–H groups in total. The lowest BCUT2D eigenvalue weighted by Crippen LogP contribution is -2.36. The van der Waals surface area contributed by atoms with Crippen LogP contribution in [0, 0.1) is 6.92 Å². The Morgan fingerprint density at radius 1 is 1.13 bits per heavy atom. The highest BCUT2D eigenvalue weighted by Gasteiger charge is 2.28. The van der Waals surface area contributed by atoms with Crippen LogP contribution in [0.15, 0.2) is 60.0 Å². The summed E-state index contributed by atoms with van der Waals surface area (Å²) < 4.78 is 44.3. The number of guanidine groups is 1. The monoisotopic (exact) mass is 432 g/mol. The predicted molar refractivity (Wildman–Crippen MR) is 111 cm³/mol. The normalized spacial score (nSPS) is 12.0. The topological polar surface area (TPSA) is 76.4 Å². The van der Waals surface area contributed by atoms with Crippen molar-refractivity contribution in [3.63, 3.8) is 0 Å². The molecule has 0 spiro atoms. The second-order valence-corrected chi connectivity index (χ2v) is 6.77. The molecule has 10 heteroatoms. The van der Waals surface area contributed by atoms with Gasteiger partial charge in [-0.3, -0.25) is 4.99 Å². The zero-order valence-electron chi connectivity index (χ0n) is 17.1. The molecule has 3 rings (SSSR count). The molecule has 2 aromatic heterocycles. The van der Waals surface area contributed by atoms with Crippen molar-refractivity contribution < 1.29 is 17.9 Å². The van der Waals surface area contributed by atoms with Gasteiger partial charge < -0.3 is 15.4 Å². The molecule has 2 heterocycles. The molecule has 0 atom stereocenters. The summed E-state index contributed by atoms with van der Waals surface area (Å²) in [5.74, 6) is 1.39. The molecule has 0 unspecified atom stereocenters. The number of aliphatic imine (C=N–C) groups is 1. The summed E-state index contributed by atoms with van der Waals surface area (Å²) in [5, 5.41) is 10.4. The Balaban J connectivity index is 1.60. The smallest absolute Gasteiger partial charge is 0.422 e. The van der Waals surface area contributed by atoms with Gasteiger partial charge in [0.05, 0.1) is 0 Å². The number of rotatable bonds is 7. The Kier molecular flexibility index (Phi) is 7.11. The van der Waals surface area contributed by atoms with Crippen LogP contribution in [0.2, 0.25) is 0 Å². The second kappa shape index (κ2) is 9.96. The van der Waals surface area contributed by atoms with Crippen LogP contribution in [0.3, 0.4) is 0 Å². The maximum Gasteiger partial charge on any atom is 0.422 e. The van der Waals surface area contributed by atoms with E-state index < -0.39 is 12.8 Å². The van der Waals surface area contributed by atoms with E-state index in [1.54, 1.807) is 49.4 Å². The van der Waals surface area contributed by atoms with E-state index >= 15 is 0 Å². The first-order valence-electron chi connectivity index (χ1n) is 9.52. The van der Waals surface area contributed by atoms with E-state index in [4.69, 9.17) is 4.74 Å². The molecule has 0 aliphatic rings. The molecule has 31 heavy (non-hydrogen) atoms. The Morgan fingerprint density at radius 3 is 2.65 bits per heavy atom. The Labute approximate surface area is 178 Å². The van der Waals surface area contributed by atoms with Gasteiger partial charge in [-0.05, 0) is 42.3 Å². The lowest BCUT2D eigenvalue weighted by Gasteiger charge is -2.16. The van der Waals surface area contributed by atoms with Crippen LogP contribution in [0.1, 0.15) is 16.7 Å². The number of aryl methyl sites for hydroxylation is 1. The number of nitrogens with one attached hydrogen (secondary N) is 2. The van der Waals surface area contributed by atoms with Crippen LogP contribution >= 0.6 is 0 Å². The van der Waals surface area contributed by atoms with Crippen LogP contribution < -0.4 is 15.4 Å². The third-order valence-corrected chi connectivity index (χ3v) is 4.29. The Morgan fingerprint density at radius 2 is 1.94 bits per heavy atom. The molecule has 0 fully saturated rings. The summed E-state index contributed by atoms with van der Waals surface area (Å²) in [6.45, 7) is 1.19. The molecular formula is C21H23F3N6O.